The molecular formula is C13H11N3O4. The van der Waals surface area contributed by atoms with Gasteiger partial charge in [-0.05, 0) is 12.1 Å². The fourth-order valence-corrected chi connectivity index (χ4v) is 2.45. The van der Waals surface area contributed by atoms with Gasteiger partial charge in [0.25, 0.3) is 11.6 Å². The first-order chi connectivity index (χ1) is 9.44. The van der Waals surface area contributed by atoms with Crippen molar-refractivity contribution in [1.82, 2.24) is 4.98 Å². The highest BCUT2D eigenvalue weighted by atomic mass is 16.6. The fourth-order valence-electron chi connectivity index (χ4n) is 2.45. The molecule has 3 rings (SSSR count). The highest BCUT2D eigenvalue weighted by Gasteiger charge is 2.43. The van der Waals surface area contributed by atoms with Gasteiger partial charge in [-0.2, -0.15) is 0 Å². The summed E-state index contributed by atoms with van der Waals surface area (Å²) in [6.45, 7) is 0. The zero-order valence-electron chi connectivity index (χ0n) is 10.5. The van der Waals surface area contributed by atoms with E-state index in [1.807, 2.05) is 0 Å². The molecule has 7 heteroatoms. The van der Waals surface area contributed by atoms with E-state index < -0.39 is 10.8 Å². The molecule has 0 spiro atoms. The molecule has 1 aliphatic heterocycles. The van der Waals surface area contributed by atoms with E-state index in [2.05, 4.69) is 4.98 Å². The van der Waals surface area contributed by atoms with E-state index in [1.165, 1.54) is 25.4 Å². The third-order valence-corrected chi connectivity index (χ3v) is 3.44. The lowest BCUT2D eigenvalue weighted by Gasteiger charge is -2.39. The van der Waals surface area contributed by atoms with Crippen molar-refractivity contribution in [2.24, 2.45) is 0 Å². The SMILES string of the molecule is CN1c2c(cccc2[N+](=O)[O-])-c2ncccc2C1(O)O. The lowest BCUT2D eigenvalue weighted by Crippen LogP contribution is -2.46. The van der Waals surface area contributed by atoms with E-state index in [0.717, 1.165) is 4.90 Å². The van der Waals surface area contributed by atoms with Crippen LogP contribution in [0.25, 0.3) is 11.3 Å². The molecule has 7 nitrogen and oxygen atoms in total. The molecule has 0 saturated carbocycles. The summed E-state index contributed by atoms with van der Waals surface area (Å²) < 4.78 is 0. The Labute approximate surface area is 113 Å². The molecule has 0 atom stereocenters. The Kier molecular flexibility index (Phi) is 2.50. The van der Waals surface area contributed by atoms with Crippen molar-refractivity contribution < 1.29 is 15.1 Å². The summed E-state index contributed by atoms with van der Waals surface area (Å²) in [7, 11) is 1.39. The number of pyridine rings is 1. The summed E-state index contributed by atoms with van der Waals surface area (Å²) >= 11 is 0. The molecule has 0 saturated heterocycles. The van der Waals surface area contributed by atoms with Crippen LogP contribution in [-0.4, -0.2) is 27.2 Å². The first-order valence-electron chi connectivity index (χ1n) is 5.86. The van der Waals surface area contributed by atoms with Crippen LogP contribution in [0, 0.1) is 10.1 Å². The van der Waals surface area contributed by atoms with Gasteiger partial charge in [0, 0.05) is 24.9 Å². The molecule has 2 heterocycles. The quantitative estimate of drug-likeness (QED) is 0.460. The van der Waals surface area contributed by atoms with Crippen LogP contribution in [0.4, 0.5) is 11.4 Å². The monoisotopic (exact) mass is 273 g/mol. The van der Waals surface area contributed by atoms with Crippen molar-refractivity contribution in [2.45, 2.75) is 5.91 Å². The summed E-state index contributed by atoms with van der Waals surface area (Å²) in [5.41, 5.74) is 0.948. The lowest BCUT2D eigenvalue weighted by atomic mass is 9.94. The van der Waals surface area contributed by atoms with Gasteiger partial charge in [-0.15, -0.1) is 0 Å². The molecule has 0 aliphatic carbocycles. The number of anilines is 1. The predicted molar refractivity (Wildman–Crippen MR) is 70.8 cm³/mol. The zero-order valence-corrected chi connectivity index (χ0v) is 10.5. The number of hydrogen-bond acceptors (Lipinski definition) is 6. The summed E-state index contributed by atoms with van der Waals surface area (Å²) in [5, 5.41) is 31.7. The minimum absolute atomic E-state index is 0.133. The molecule has 0 radical (unpaired) electrons. The second-order valence-corrected chi connectivity index (χ2v) is 4.52. The van der Waals surface area contributed by atoms with Crippen LogP contribution in [0.5, 0.6) is 0 Å². The molecule has 2 N–H and O–H groups in total. The van der Waals surface area contributed by atoms with Crippen LogP contribution < -0.4 is 4.90 Å². The van der Waals surface area contributed by atoms with Gasteiger partial charge >= 0.3 is 0 Å². The largest absolute Gasteiger partial charge is 0.345 e. The minimum atomic E-state index is -2.34. The van der Waals surface area contributed by atoms with Gasteiger partial charge in [-0.1, -0.05) is 12.1 Å². The average Bonchev–Trinajstić information content (AvgIpc) is 2.44. The molecule has 102 valence electrons. The third-order valence-electron chi connectivity index (χ3n) is 3.44. The van der Waals surface area contributed by atoms with Gasteiger partial charge in [0.2, 0.25) is 0 Å². The zero-order chi connectivity index (χ0) is 14.5. The van der Waals surface area contributed by atoms with Crippen molar-refractivity contribution in [3.63, 3.8) is 0 Å². The summed E-state index contributed by atoms with van der Waals surface area (Å²) in [4.78, 5) is 15.8. The maximum absolute atomic E-state index is 11.1. The van der Waals surface area contributed by atoms with Crippen molar-refractivity contribution in [3.8, 4) is 11.3 Å². The van der Waals surface area contributed by atoms with E-state index in [-0.39, 0.29) is 16.9 Å². The van der Waals surface area contributed by atoms with Crippen molar-refractivity contribution >= 4 is 11.4 Å². The number of nitrogens with zero attached hydrogens (tertiary/aromatic N) is 3. The summed E-state index contributed by atoms with van der Waals surface area (Å²) in [6, 6.07) is 7.64. The van der Waals surface area contributed by atoms with Gasteiger partial charge in [0.05, 0.1) is 16.2 Å². The molecule has 1 aromatic heterocycles. The third kappa shape index (κ3) is 1.50. The first kappa shape index (κ1) is 12.5. The Morgan fingerprint density at radius 3 is 2.75 bits per heavy atom. The number of para-hydroxylation sites is 1. The van der Waals surface area contributed by atoms with Gasteiger partial charge in [-0.3, -0.25) is 15.1 Å². The van der Waals surface area contributed by atoms with Crippen molar-refractivity contribution in [2.75, 3.05) is 11.9 Å². The number of aliphatic hydroxyl groups is 2. The Morgan fingerprint density at radius 1 is 1.30 bits per heavy atom. The Bertz CT molecular complexity index is 715. The normalized spacial score (nSPS) is 15.4. The van der Waals surface area contributed by atoms with E-state index in [4.69, 9.17) is 0 Å². The van der Waals surface area contributed by atoms with Crippen LogP contribution in [0.3, 0.4) is 0 Å². The molecule has 0 amide bonds. The van der Waals surface area contributed by atoms with E-state index in [9.17, 15) is 20.3 Å². The molecule has 0 fully saturated rings. The predicted octanol–water partition coefficient (Wildman–Crippen LogP) is 1.20. The van der Waals surface area contributed by atoms with Crippen molar-refractivity contribution in [3.05, 3.63) is 52.2 Å². The molecule has 0 bridgehead atoms. The number of nitro benzene ring substituents is 1. The lowest BCUT2D eigenvalue weighted by molar-refractivity contribution is -0.384. The number of rotatable bonds is 1. The minimum Gasteiger partial charge on any atom is -0.345 e. The van der Waals surface area contributed by atoms with Gasteiger partial charge in [-0.25, -0.2) is 0 Å². The Balaban J connectivity index is 2.41. The van der Waals surface area contributed by atoms with Crippen LogP contribution in [0.2, 0.25) is 0 Å². The number of fused-ring (bicyclic) bond motifs is 3. The second kappa shape index (κ2) is 3.99. The molecule has 20 heavy (non-hydrogen) atoms. The van der Waals surface area contributed by atoms with Gasteiger partial charge in [0.15, 0.2) is 0 Å². The van der Waals surface area contributed by atoms with E-state index in [0.29, 0.717) is 11.3 Å². The topological polar surface area (TPSA) is 99.7 Å². The van der Waals surface area contributed by atoms with Crippen molar-refractivity contribution in [1.29, 1.82) is 0 Å². The molecular weight excluding hydrogens is 262 g/mol. The maximum Gasteiger partial charge on any atom is 0.293 e. The smallest absolute Gasteiger partial charge is 0.293 e. The molecule has 1 aliphatic rings. The number of hydrogen-bond donors (Lipinski definition) is 2. The van der Waals surface area contributed by atoms with E-state index in [1.54, 1.807) is 18.2 Å². The average molecular weight is 273 g/mol. The highest BCUT2D eigenvalue weighted by Crippen LogP contribution is 2.47. The Morgan fingerprint density at radius 2 is 2.05 bits per heavy atom. The second-order valence-electron chi connectivity index (χ2n) is 4.52. The standard InChI is InChI=1S/C13H11N3O4/c1-15-12-8(4-2-6-10(12)16(19)20)11-9(13(15,17)18)5-3-7-14-11/h2-7,17-18H,1H3. The van der Waals surface area contributed by atoms with Gasteiger partial charge in [0.1, 0.15) is 5.69 Å². The number of nitro groups is 1. The summed E-state index contributed by atoms with van der Waals surface area (Å²) in [6.07, 6.45) is 1.50. The molecule has 0 unspecified atom stereocenters. The first-order valence-corrected chi connectivity index (χ1v) is 5.86. The maximum atomic E-state index is 11.1. The van der Waals surface area contributed by atoms with Crippen LogP contribution in [0.1, 0.15) is 5.56 Å². The van der Waals surface area contributed by atoms with Crippen LogP contribution in [-0.2, 0) is 5.91 Å². The fraction of sp³-hybridized carbons (Fsp3) is 0.154. The number of aromatic nitrogens is 1. The van der Waals surface area contributed by atoms with Crippen LogP contribution in [0.15, 0.2) is 36.5 Å². The molecule has 2 aromatic rings. The van der Waals surface area contributed by atoms with E-state index >= 15 is 0 Å². The molecule has 1 aromatic carbocycles. The summed E-state index contributed by atoms with van der Waals surface area (Å²) in [5.74, 6) is -2.34. The van der Waals surface area contributed by atoms with Crippen LogP contribution >= 0.6 is 0 Å². The highest BCUT2D eigenvalue weighted by molar-refractivity contribution is 5.88. The van der Waals surface area contributed by atoms with Gasteiger partial charge < -0.3 is 15.1 Å². The number of benzene rings is 1. The Hall–Kier alpha value is -2.51.